The Balaban J connectivity index is 2.37. The molecule has 0 saturated heterocycles. The molecule has 1 atom stereocenters. The molecule has 0 aromatic heterocycles. The number of hydrogen-bond acceptors (Lipinski definition) is 3. The Hall–Kier alpha value is -1.52. The summed E-state index contributed by atoms with van der Waals surface area (Å²) in [6.07, 6.45) is 0. The van der Waals surface area contributed by atoms with Gasteiger partial charge >= 0.3 is 0 Å². The van der Waals surface area contributed by atoms with E-state index in [1.54, 1.807) is 13.2 Å². The van der Waals surface area contributed by atoms with Gasteiger partial charge in [0, 0.05) is 10.9 Å². The monoisotopic (exact) mass is 277 g/mol. The molecule has 0 spiro atoms. The maximum atomic E-state index is 14.0. The summed E-state index contributed by atoms with van der Waals surface area (Å²) >= 11 is 1.36. The summed E-state index contributed by atoms with van der Waals surface area (Å²) in [5, 5.41) is 0. The van der Waals surface area contributed by atoms with E-state index in [-0.39, 0.29) is 11.9 Å². The van der Waals surface area contributed by atoms with Crippen molar-refractivity contribution in [3.8, 4) is 5.75 Å². The number of hydrogen-bond donors (Lipinski definition) is 1. The Bertz CT molecular complexity index is 572. The second-order valence-corrected chi connectivity index (χ2v) is 5.31. The first kappa shape index (κ1) is 13.9. The van der Waals surface area contributed by atoms with E-state index in [4.69, 9.17) is 10.5 Å². The molecule has 2 N–H and O–H groups in total. The molecular formula is C15H16FNOS. The van der Waals surface area contributed by atoms with Crippen LogP contribution in [0.1, 0.15) is 18.5 Å². The molecule has 1 unspecified atom stereocenters. The third-order valence-electron chi connectivity index (χ3n) is 2.75. The lowest BCUT2D eigenvalue weighted by atomic mass is 10.1. The van der Waals surface area contributed by atoms with Crippen LogP contribution in [0.4, 0.5) is 4.39 Å². The zero-order chi connectivity index (χ0) is 13.8. The minimum Gasteiger partial charge on any atom is -0.497 e. The van der Waals surface area contributed by atoms with Crippen molar-refractivity contribution >= 4 is 11.8 Å². The van der Waals surface area contributed by atoms with Crippen LogP contribution in [-0.4, -0.2) is 7.11 Å². The van der Waals surface area contributed by atoms with E-state index >= 15 is 0 Å². The highest BCUT2D eigenvalue weighted by Gasteiger charge is 2.13. The predicted octanol–water partition coefficient (Wildman–Crippen LogP) is 4.01. The maximum Gasteiger partial charge on any atom is 0.137 e. The van der Waals surface area contributed by atoms with E-state index in [0.717, 1.165) is 16.2 Å². The number of ether oxygens (including phenoxy) is 1. The number of benzene rings is 2. The summed E-state index contributed by atoms with van der Waals surface area (Å²) < 4.78 is 19.1. The van der Waals surface area contributed by atoms with Crippen LogP contribution in [0, 0.1) is 5.82 Å². The molecule has 0 saturated carbocycles. The lowest BCUT2D eigenvalue weighted by molar-refractivity contribution is 0.413. The molecule has 2 aromatic rings. The van der Waals surface area contributed by atoms with Crippen LogP contribution < -0.4 is 10.5 Å². The van der Waals surface area contributed by atoms with Gasteiger partial charge in [0.15, 0.2) is 0 Å². The van der Waals surface area contributed by atoms with Crippen molar-refractivity contribution in [1.82, 2.24) is 0 Å². The minimum absolute atomic E-state index is 0.205. The molecule has 0 radical (unpaired) electrons. The molecule has 2 rings (SSSR count). The van der Waals surface area contributed by atoms with Crippen LogP contribution >= 0.6 is 11.8 Å². The first-order valence-corrected chi connectivity index (χ1v) is 6.79. The van der Waals surface area contributed by atoms with Crippen LogP contribution in [0.2, 0.25) is 0 Å². The highest BCUT2D eigenvalue weighted by atomic mass is 32.2. The van der Waals surface area contributed by atoms with Crippen LogP contribution in [0.5, 0.6) is 5.75 Å². The minimum atomic E-state index is -0.248. The van der Waals surface area contributed by atoms with Crippen molar-refractivity contribution in [2.75, 3.05) is 7.11 Å². The van der Waals surface area contributed by atoms with Crippen molar-refractivity contribution in [1.29, 1.82) is 0 Å². The van der Waals surface area contributed by atoms with E-state index < -0.39 is 0 Å². The first-order valence-electron chi connectivity index (χ1n) is 5.97. The van der Waals surface area contributed by atoms with Crippen LogP contribution in [-0.2, 0) is 0 Å². The SMILES string of the molecule is COc1cccc(Sc2c(F)cccc2C(C)N)c1. The Morgan fingerprint density at radius 2 is 1.95 bits per heavy atom. The third-order valence-corrected chi connectivity index (χ3v) is 3.87. The Kier molecular flexibility index (Phi) is 4.45. The van der Waals surface area contributed by atoms with E-state index in [2.05, 4.69) is 0 Å². The van der Waals surface area contributed by atoms with Gasteiger partial charge in [0.05, 0.1) is 12.0 Å². The van der Waals surface area contributed by atoms with Crippen molar-refractivity contribution in [3.05, 3.63) is 53.8 Å². The molecule has 0 amide bonds. The fourth-order valence-corrected chi connectivity index (χ4v) is 2.87. The average molecular weight is 277 g/mol. The highest BCUT2D eigenvalue weighted by Crippen LogP contribution is 2.35. The Labute approximate surface area is 116 Å². The van der Waals surface area contributed by atoms with E-state index in [1.807, 2.05) is 37.3 Å². The standard InChI is InChI=1S/C15H16FNOS/c1-10(17)13-7-4-8-14(16)15(13)19-12-6-3-5-11(9-12)18-2/h3-10H,17H2,1-2H3. The smallest absolute Gasteiger partial charge is 0.137 e. The van der Waals surface area contributed by atoms with Gasteiger partial charge in [-0.05, 0) is 36.8 Å². The fourth-order valence-electron chi connectivity index (χ4n) is 1.77. The predicted molar refractivity (Wildman–Crippen MR) is 76.1 cm³/mol. The van der Waals surface area contributed by atoms with Gasteiger partial charge in [0.2, 0.25) is 0 Å². The molecule has 0 aliphatic carbocycles. The van der Waals surface area contributed by atoms with E-state index in [1.165, 1.54) is 17.8 Å². The molecule has 2 aromatic carbocycles. The fraction of sp³-hybridized carbons (Fsp3) is 0.200. The molecule has 0 heterocycles. The van der Waals surface area contributed by atoms with Gasteiger partial charge in [-0.15, -0.1) is 0 Å². The van der Waals surface area contributed by atoms with Gasteiger partial charge in [0.1, 0.15) is 11.6 Å². The molecule has 2 nitrogen and oxygen atoms in total. The van der Waals surface area contributed by atoms with Crippen molar-refractivity contribution < 1.29 is 9.13 Å². The lowest BCUT2D eigenvalue weighted by Gasteiger charge is -2.13. The van der Waals surface area contributed by atoms with Crippen LogP contribution in [0.15, 0.2) is 52.3 Å². The van der Waals surface area contributed by atoms with Crippen LogP contribution in [0.3, 0.4) is 0 Å². The molecule has 0 aliphatic heterocycles. The molecule has 100 valence electrons. The summed E-state index contributed by atoms with van der Waals surface area (Å²) in [5.74, 6) is 0.506. The van der Waals surface area contributed by atoms with Gasteiger partial charge < -0.3 is 10.5 Å². The summed E-state index contributed by atoms with van der Waals surface area (Å²) in [5.41, 5.74) is 6.70. The van der Waals surface area contributed by atoms with E-state index in [0.29, 0.717) is 4.90 Å². The van der Waals surface area contributed by atoms with Gasteiger partial charge in [-0.2, -0.15) is 0 Å². The second-order valence-electron chi connectivity index (χ2n) is 4.23. The summed E-state index contributed by atoms with van der Waals surface area (Å²) in [7, 11) is 1.61. The van der Waals surface area contributed by atoms with Gasteiger partial charge in [-0.1, -0.05) is 30.0 Å². The largest absolute Gasteiger partial charge is 0.497 e. The summed E-state index contributed by atoms with van der Waals surface area (Å²) in [6, 6.07) is 12.3. The number of halogens is 1. The zero-order valence-electron chi connectivity index (χ0n) is 10.9. The molecule has 19 heavy (non-hydrogen) atoms. The normalized spacial score (nSPS) is 12.2. The third kappa shape index (κ3) is 3.28. The Morgan fingerprint density at radius 1 is 1.21 bits per heavy atom. The zero-order valence-corrected chi connectivity index (χ0v) is 11.7. The average Bonchev–Trinajstić information content (AvgIpc) is 2.41. The first-order chi connectivity index (χ1) is 9.11. The van der Waals surface area contributed by atoms with Gasteiger partial charge in [-0.3, -0.25) is 0 Å². The van der Waals surface area contributed by atoms with Crippen molar-refractivity contribution in [2.24, 2.45) is 5.73 Å². The lowest BCUT2D eigenvalue weighted by Crippen LogP contribution is -2.07. The van der Waals surface area contributed by atoms with Crippen molar-refractivity contribution in [2.45, 2.75) is 22.8 Å². The van der Waals surface area contributed by atoms with Crippen molar-refractivity contribution in [3.63, 3.8) is 0 Å². The van der Waals surface area contributed by atoms with Gasteiger partial charge in [0.25, 0.3) is 0 Å². The molecule has 0 bridgehead atoms. The molecule has 0 fully saturated rings. The maximum absolute atomic E-state index is 14.0. The van der Waals surface area contributed by atoms with E-state index in [9.17, 15) is 4.39 Å². The highest BCUT2D eigenvalue weighted by molar-refractivity contribution is 7.99. The molecular weight excluding hydrogens is 261 g/mol. The van der Waals surface area contributed by atoms with Crippen LogP contribution in [0.25, 0.3) is 0 Å². The quantitative estimate of drug-likeness (QED) is 0.917. The summed E-state index contributed by atoms with van der Waals surface area (Å²) in [4.78, 5) is 1.50. The summed E-state index contributed by atoms with van der Waals surface area (Å²) in [6.45, 7) is 1.85. The second kappa shape index (κ2) is 6.08. The topological polar surface area (TPSA) is 35.2 Å². The number of rotatable bonds is 4. The Morgan fingerprint density at radius 3 is 2.63 bits per heavy atom. The number of nitrogens with two attached hydrogens (primary N) is 1. The molecule has 0 aliphatic rings. The molecule has 4 heteroatoms. The van der Waals surface area contributed by atoms with Gasteiger partial charge in [-0.25, -0.2) is 4.39 Å². The number of methoxy groups -OCH3 is 1.